The summed E-state index contributed by atoms with van der Waals surface area (Å²) in [4.78, 5) is 0. The van der Waals surface area contributed by atoms with Crippen molar-refractivity contribution >= 4 is 0 Å². The lowest BCUT2D eigenvalue weighted by atomic mass is 10.0. The second-order valence-corrected chi connectivity index (χ2v) is 5.97. The van der Waals surface area contributed by atoms with E-state index in [-0.39, 0.29) is 12.0 Å². The summed E-state index contributed by atoms with van der Waals surface area (Å²) in [5, 5.41) is 14.0. The highest BCUT2D eigenvalue weighted by atomic mass is 16.5. The van der Waals surface area contributed by atoms with Crippen LogP contribution in [-0.2, 0) is 6.42 Å². The van der Waals surface area contributed by atoms with E-state index in [4.69, 9.17) is 4.74 Å². The normalized spacial score (nSPS) is 23.3. The zero-order chi connectivity index (χ0) is 15.5. The van der Waals surface area contributed by atoms with Gasteiger partial charge in [0.05, 0.1) is 13.2 Å². The molecule has 3 nitrogen and oxygen atoms in total. The minimum Gasteiger partial charge on any atom is -0.497 e. The van der Waals surface area contributed by atoms with Gasteiger partial charge in [0.25, 0.3) is 0 Å². The van der Waals surface area contributed by atoms with Gasteiger partial charge in [-0.25, -0.2) is 0 Å². The van der Waals surface area contributed by atoms with Crippen molar-refractivity contribution in [3.8, 4) is 5.75 Å². The van der Waals surface area contributed by atoms with Crippen LogP contribution in [0, 0.1) is 5.92 Å². The standard InChI is InChI=1S/C19H23NO2/c1-13-18(20-11-10-14-6-4-3-5-7-14)17-12-15(22-2)8-9-16(17)19(13)21/h3-9,12-13,18-21H,10-11H2,1-2H3. The molecule has 2 N–H and O–H groups in total. The highest BCUT2D eigenvalue weighted by Crippen LogP contribution is 2.44. The highest BCUT2D eigenvalue weighted by molar-refractivity contribution is 5.43. The van der Waals surface area contributed by atoms with Crippen LogP contribution in [0.2, 0.25) is 0 Å². The number of benzene rings is 2. The van der Waals surface area contributed by atoms with Gasteiger partial charge >= 0.3 is 0 Å². The molecular formula is C19H23NO2. The van der Waals surface area contributed by atoms with Gasteiger partial charge in [-0.3, -0.25) is 0 Å². The molecule has 0 aliphatic heterocycles. The Morgan fingerprint density at radius 1 is 1.09 bits per heavy atom. The second-order valence-electron chi connectivity index (χ2n) is 5.97. The Hall–Kier alpha value is -1.84. The first-order chi connectivity index (χ1) is 10.7. The molecule has 22 heavy (non-hydrogen) atoms. The topological polar surface area (TPSA) is 41.5 Å². The lowest BCUT2D eigenvalue weighted by Crippen LogP contribution is -2.27. The van der Waals surface area contributed by atoms with Crippen LogP contribution in [0.5, 0.6) is 5.75 Å². The van der Waals surface area contributed by atoms with Crippen molar-refractivity contribution in [3.63, 3.8) is 0 Å². The fraction of sp³-hybridized carbons (Fsp3) is 0.368. The number of rotatable bonds is 5. The molecule has 0 spiro atoms. The molecule has 0 aromatic heterocycles. The predicted molar refractivity (Wildman–Crippen MR) is 88.0 cm³/mol. The van der Waals surface area contributed by atoms with Gasteiger partial charge < -0.3 is 15.2 Å². The molecule has 2 aromatic rings. The van der Waals surface area contributed by atoms with Gasteiger partial charge in [-0.1, -0.05) is 43.3 Å². The summed E-state index contributed by atoms with van der Waals surface area (Å²) in [5.74, 6) is 1.01. The van der Waals surface area contributed by atoms with Crippen LogP contribution >= 0.6 is 0 Å². The third-order valence-corrected chi connectivity index (χ3v) is 4.59. The van der Waals surface area contributed by atoms with Crippen LogP contribution < -0.4 is 10.1 Å². The Bertz CT molecular complexity index is 627. The molecule has 3 heteroatoms. The summed E-state index contributed by atoms with van der Waals surface area (Å²) in [7, 11) is 1.67. The zero-order valence-corrected chi connectivity index (χ0v) is 13.1. The van der Waals surface area contributed by atoms with E-state index in [1.165, 1.54) is 5.56 Å². The molecule has 0 saturated heterocycles. The maximum Gasteiger partial charge on any atom is 0.119 e. The maximum absolute atomic E-state index is 10.4. The lowest BCUT2D eigenvalue weighted by molar-refractivity contribution is 0.114. The van der Waals surface area contributed by atoms with Crippen LogP contribution in [-0.4, -0.2) is 18.8 Å². The van der Waals surface area contributed by atoms with E-state index in [0.717, 1.165) is 29.8 Å². The first-order valence-electron chi connectivity index (χ1n) is 7.84. The van der Waals surface area contributed by atoms with Crippen molar-refractivity contribution in [3.05, 3.63) is 65.2 Å². The molecule has 1 aliphatic carbocycles. The van der Waals surface area contributed by atoms with E-state index < -0.39 is 6.10 Å². The number of aliphatic hydroxyl groups is 1. The maximum atomic E-state index is 10.4. The summed E-state index contributed by atoms with van der Waals surface area (Å²) < 4.78 is 5.32. The highest BCUT2D eigenvalue weighted by Gasteiger charge is 2.36. The van der Waals surface area contributed by atoms with Crippen LogP contribution in [0.1, 0.15) is 35.8 Å². The summed E-state index contributed by atoms with van der Waals surface area (Å²) in [6.45, 7) is 2.99. The molecule has 0 fully saturated rings. The second kappa shape index (κ2) is 6.51. The van der Waals surface area contributed by atoms with Gasteiger partial charge in [-0.2, -0.15) is 0 Å². The predicted octanol–water partition coefficient (Wildman–Crippen LogP) is 3.25. The largest absolute Gasteiger partial charge is 0.497 e. The number of methoxy groups -OCH3 is 1. The van der Waals surface area contributed by atoms with E-state index in [9.17, 15) is 5.11 Å². The van der Waals surface area contributed by atoms with Gasteiger partial charge in [0.1, 0.15) is 5.75 Å². The van der Waals surface area contributed by atoms with E-state index >= 15 is 0 Å². The minimum atomic E-state index is -0.407. The number of hydrogen-bond acceptors (Lipinski definition) is 3. The monoisotopic (exact) mass is 297 g/mol. The molecule has 0 saturated carbocycles. The molecule has 116 valence electrons. The Morgan fingerprint density at radius 2 is 1.86 bits per heavy atom. The zero-order valence-electron chi connectivity index (χ0n) is 13.1. The molecule has 3 atom stereocenters. The van der Waals surface area contributed by atoms with E-state index in [1.807, 2.05) is 24.3 Å². The summed E-state index contributed by atoms with van der Waals surface area (Å²) in [6.07, 6.45) is 0.578. The van der Waals surface area contributed by atoms with Crippen LogP contribution in [0.4, 0.5) is 0 Å². The molecule has 1 aliphatic rings. The van der Waals surface area contributed by atoms with Crippen molar-refractivity contribution in [1.29, 1.82) is 0 Å². The lowest BCUT2D eigenvalue weighted by Gasteiger charge is -2.20. The number of hydrogen-bond donors (Lipinski definition) is 2. The Morgan fingerprint density at radius 3 is 2.59 bits per heavy atom. The fourth-order valence-corrected chi connectivity index (χ4v) is 3.28. The van der Waals surface area contributed by atoms with Crippen LogP contribution in [0.3, 0.4) is 0 Å². The van der Waals surface area contributed by atoms with Gasteiger partial charge in [-0.05, 0) is 41.8 Å². The molecule has 0 radical (unpaired) electrons. The number of ether oxygens (including phenoxy) is 1. The van der Waals surface area contributed by atoms with Crippen molar-refractivity contribution in [2.24, 2.45) is 5.92 Å². The fourth-order valence-electron chi connectivity index (χ4n) is 3.28. The molecule has 0 amide bonds. The molecular weight excluding hydrogens is 274 g/mol. The van der Waals surface area contributed by atoms with Gasteiger partial charge in [0, 0.05) is 12.0 Å². The van der Waals surface area contributed by atoms with Crippen molar-refractivity contribution in [1.82, 2.24) is 5.32 Å². The molecule has 0 bridgehead atoms. The van der Waals surface area contributed by atoms with Crippen molar-refractivity contribution < 1.29 is 9.84 Å². The Balaban J connectivity index is 1.71. The average Bonchev–Trinajstić information content (AvgIpc) is 2.80. The van der Waals surface area contributed by atoms with Crippen molar-refractivity contribution in [2.45, 2.75) is 25.5 Å². The smallest absolute Gasteiger partial charge is 0.119 e. The van der Waals surface area contributed by atoms with E-state index in [0.29, 0.717) is 0 Å². The molecule has 3 rings (SSSR count). The van der Waals surface area contributed by atoms with Gasteiger partial charge in [0.15, 0.2) is 0 Å². The SMILES string of the molecule is COc1ccc2c(c1)C(NCCc1ccccc1)C(C)C2O. The Kier molecular flexibility index (Phi) is 4.46. The van der Waals surface area contributed by atoms with Gasteiger partial charge in [0.2, 0.25) is 0 Å². The molecule has 0 heterocycles. The van der Waals surface area contributed by atoms with E-state index in [1.54, 1.807) is 7.11 Å². The van der Waals surface area contributed by atoms with Crippen molar-refractivity contribution in [2.75, 3.05) is 13.7 Å². The number of nitrogens with one attached hydrogen (secondary N) is 1. The van der Waals surface area contributed by atoms with Crippen LogP contribution in [0.25, 0.3) is 0 Å². The Labute approximate surface area is 131 Å². The average molecular weight is 297 g/mol. The third-order valence-electron chi connectivity index (χ3n) is 4.59. The number of fused-ring (bicyclic) bond motifs is 1. The minimum absolute atomic E-state index is 0.165. The molecule has 2 aromatic carbocycles. The summed E-state index contributed by atoms with van der Waals surface area (Å²) in [5.41, 5.74) is 3.50. The van der Waals surface area contributed by atoms with E-state index in [2.05, 4.69) is 36.5 Å². The molecule has 3 unspecified atom stereocenters. The first kappa shape index (κ1) is 15.1. The summed E-state index contributed by atoms with van der Waals surface area (Å²) in [6, 6.07) is 16.6. The third kappa shape index (κ3) is 2.87. The first-order valence-corrected chi connectivity index (χ1v) is 7.84. The summed E-state index contributed by atoms with van der Waals surface area (Å²) >= 11 is 0. The number of aliphatic hydroxyl groups excluding tert-OH is 1. The quantitative estimate of drug-likeness (QED) is 0.890. The van der Waals surface area contributed by atoms with Gasteiger partial charge in [-0.15, -0.1) is 0 Å². The van der Waals surface area contributed by atoms with Crippen LogP contribution in [0.15, 0.2) is 48.5 Å².